The highest BCUT2D eigenvalue weighted by molar-refractivity contribution is 5.17. The van der Waals surface area contributed by atoms with Crippen LogP contribution in [-0.4, -0.2) is 72.9 Å². The van der Waals surface area contributed by atoms with Crippen LogP contribution in [0.25, 0.3) is 0 Å². The van der Waals surface area contributed by atoms with Gasteiger partial charge in [-0.3, -0.25) is 10.1 Å². The molecular formula is C27H35NO9. The molecule has 1 aliphatic carbocycles. The molecule has 2 aromatic carbocycles. The Kier molecular flexibility index (Phi) is 8.91. The molecule has 1 N–H and O–H groups in total. The number of rotatable bonds is 12. The summed E-state index contributed by atoms with van der Waals surface area (Å²) >= 11 is 0. The molecule has 0 radical (unpaired) electrons. The highest BCUT2D eigenvalue weighted by Crippen LogP contribution is 2.48. The van der Waals surface area contributed by atoms with Gasteiger partial charge in [-0.2, -0.15) is 0 Å². The third kappa shape index (κ3) is 6.01. The minimum absolute atomic E-state index is 0.0232. The topological polar surface area (TPSA) is 119 Å². The maximum absolute atomic E-state index is 12.3. The lowest BCUT2D eigenvalue weighted by Gasteiger charge is -2.51. The summed E-state index contributed by atoms with van der Waals surface area (Å²) in [4.78, 5) is 11.9. The quantitative estimate of drug-likeness (QED) is 0.257. The number of hydrogen-bond donors (Lipinski definition) is 1. The van der Waals surface area contributed by atoms with Crippen LogP contribution in [-0.2, 0) is 41.6 Å². The number of hydrogen-bond acceptors (Lipinski definition) is 9. The second-order valence-electron chi connectivity index (χ2n) is 9.84. The van der Waals surface area contributed by atoms with Crippen LogP contribution >= 0.6 is 0 Å². The van der Waals surface area contributed by atoms with Gasteiger partial charge in [0, 0.05) is 12.0 Å². The van der Waals surface area contributed by atoms with E-state index in [0.29, 0.717) is 0 Å². The van der Waals surface area contributed by atoms with Gasteiger partial charge in [0.1, 0.15) is 24.6 Å². The predicted octanol–water partition coefficient (Wildman–Crippen LogP) is 2.94. The predicted molar refractivity (Wildman–Crippen MR) is 132 cm³/mol. The smallest absolute Gasteiger partial charge is 0.249 e. The molecule has 2 aliphatic rings. The van der Waals surface area contributed by atoms with E-state index in [9.17, 15) is 15.2 Å². The molecule has 4 rings (SSSR count). The first-order chi connectivity index (χ1) is 17.8. The zero-order valence-electron chi connectivity index (χ0n) is 21.4. The normalized spacial score (nSPS) is 30.6. The van der Waals surface area contributed by atoms with E-state index in [4.69, 9.17) is 28.4 Å². The van der Waals surface area contributed by atoms with E-state index in [2.05, 4.69) is 0 Å². The fraction of sp³-hybridized carbons (Fsp3) is 0.556. The Hall–Kier alpha value is -2.44. The molecule has 1 saturated heterocycles. The van der Waals surface area contributed by atoms with Crippen LogP contribution in [0.4, 0.5) is 0 Å². The highest BCUT2D eigenvalue weighted by atomic mass is 16.8. The van der Waals surface area contributed by atoms with Gasteiger partial charge in [0.2, 0.25) is 6.04 Å². The number of benzene rings is 2. The molecule has 0 bridgehead atoms. The zero-order chi connectivity index (χ0) is 26.5. The van der Waals surface area contributed by atoms with Crippen LogP contribution in [0.3, 0.4) is 0 Å². The van der Waals surface area contributed by atoms with Gasteiger partial charge in [0.15, 0.2) is 11.9 Å². The maximum Gasteiger partial charge on any atom is 0.249 e. The molecule has 0 amide bonds. The average Bonchev–Trinajstić information content (AvgIpc) is 3.22. The Balaban J connectivity index is 1.75. The molecule has 1 saturated carbocycles. The molecule has 6 atom stereocenters. The first-order valence-electron chi connectivity index (χ1n) is 12.3. The van der Waals surface area contributed by atoms with E-state index in [1.165, 1.54) is 7.11 Å². The second kappa shape index (κ2) is 12.0. The Morgan fingerprint density at radius 1 is 1.00 bits per heavy atom. The Morgan fingerprint density at radius 2 is 1.62 bits per heavy atom. The van der Waals surface area contributed by atoms with Gasteiger partial charge < -0.3 is 33.5 Å². The number of nitro groups is 1. The minimum atomic E-state index is -1.36. The van der Waals surface area contributed by atoms with Crippen molar-refractivity contribution in [3.8, 4) is 0 Å². The summed E-state index contributed by atoms with van der Waals surface area (Å²) in [5.74, 6) is -2.10. The standard InChI is InChI=1S/C27H35NO9/c1-26(2)36-23-22(28(30)31)21(14-29)24(34-18-32-3)27(25(23)37-26,35-16-20-12-8-5-9-13-20)17-33-15-19-10-6-4-7-11-19/h4-13,21-25,29H,14-18H2,1-3H3/t21-,22-,23+,24-,25+,27+/m1/s1. The van der Waals surface area contributed by atoms with E-state index in [1.54, 1.807) is 13.8 Å². The van der Waals surface area contributed by atoms with Crippen molar-refractivity contribution >= 4 is 0 Å². The SMILES string of the molecule is COCO[C@@H]1[C@H](CO)[C@@H]([N+](=O)[O-])[C@@H]2OC(C)(C)O[C@@H]2[C@@]1(COCc1ccccc1)OCc1ccccc1. The van der Waals surface area contributed by atoms with Crippen molar-refractivity contribution in [3.05, 3.63) is 81.9 Å². The van der Waals surface area contributed by atoms with Crippen LogP contribution < -0.4 is 0 Å². The van der Waals surface area contributed by atoms with Gasteiger partial charge in [-0.05, 0) is 25.0 Å². The maximum atomic E-state index is 12.3. The number of ether oxygens (including phenoxy) is 6. The van der Waals surface area contributed by atoms with Crippen LogP contribution in [0.2, 0.25) is 0 Å². The molecule has 0 spiro atoms. The van der Waals surface area contributed by atoms with E-state index in [1.807, 2.05) is 60.7 Å². The Labute approximate surface area is 216 Å². The van der Waals surface area contributed by atoms with Gasteiger partial charge >= 0.3 is 0 Å². The van der Waals surface area contributed by atoms with Crippen molar-refractivity contribution < 1.29 is 38.5 Å². The fourth-order valence-electron chi connectivity index (χ4n) is 5.31. The van der Waals surface area contributed by atoms with Crippen molar-refractivity contribution in [2.45, 2.75) is 62.8 Å². The van der Waals surface area contributed by atoms with Crippen LogP contribution in [0.5, 0.6) is 0 Å². The molecular weight excluding hydrogens is 482 g/mol. The third-order valence-corrected chi connectivity index (χ3v) is 6.87. The van der Waals surface area contributed by atoms with E-state index >= 15 is 0 Å². The van der Waals surface area contributed by atoms with Crippen molar-refractivity contribution in [2.75, 3.05) is 27.1 Å². The van der Waals surface area contributed by atoms with Gasteiger partial charge in [0.25, 0.3) is 0 Å². The van der Waals surface area contributed by atoms with Crippen molar-refractivity contribution in [1.82, 2.24) is 0 Å². The first-order valence-corrected chi connectivity index (χ1v) is 12.3. The summed E-state index contributed by atoms with van der Waals surface area (Å²) in [7, 11) is 1.46. The molecule has 10 nitrogen and oxygen atoms in total. The van der Waals surface area contributed by atoms with Gasteiger partial charge in [0.05, 0.1) is 32.3 Å². The summed E-state index contributed by atoms with van der Waals surface area (Å²) in [6.45, 7) is 3.13. The summed E-state index contributed by atoms with van der Waals surface area (Å²) in [5.41, 5.74) is 0.483. The summed E-state index contributed by atoms with van der Waals surface area (Å²) < 4.78 is 36.5. The monoisotopic (exact) mass is 517 g/mol. The lowest BCUT2D eigenvalue weighted by atomic mass is 9.69. The van der Waals surface area contributed by atoms with E-state index in [-0.39, 0.29) is 26.6 Å². The van der Waals surface area contributed by atoms with Crippen molar-refractivity contribution in [1.29, 1.82) is 0 Å². The number of aliphatic hydroxyl groups excluding tert-OH is 1. The summed E-state index contributed by atoms with van der Waals surface area (Å²) in [6, 6.07) is 17.9. The summed E-state index contributed by atoms with van der Waals surface area (Å²) in [6.07, 6.45) is -2.91. The largest absolute Gasteiger partial charge is 0.396 e. The van der Waals surface area contributed by atoms with E-state index in [0.717, 1.165) is 11.1 Å². The molecule has 2 fully saturated rings. The molecule has 1 heterocycles. The number of aliphatic hydroxyl groups is 1. The Bertz CT molecular complexity index is 1010. The lowest BCUT2D eigenvalue weighted by Crippen LogP contribution is -2.73. The molecule has 2 aromatic rings. The fourth-order valence-corrected chi connectivity index (χ4v) is 5.31. The molecule has 10 heteroatoms. The number of methoxy groups -OCH3 is 1. The van der Waals surface area contributed by atoms with Crippen molar-refractivity contribution in [3.63, 3.8) is 0 Å². The number of fused-ring (bicyclic) bond motifs is 1. The molecule has 202 valence electrons. The van der Waals surface area contributed by atoms with Crippen LogP contribution in [0.15, 0.2) is 60.7 Å². The van der Waals surface area contributed by atoms with Gasteiger partial charge in [-0.1, -0.05) is 60.7 Å². The minimum Gasteiger partial charge on any atom is -0.396 e. The molecule has 1 aliphatic heterocycles. The second-order valence-corrected chi connectivity index (χ2v) is 9.84. The Morgan fingerprint density at radius 3 is 2.19 bits per heavy atom. The summed E-state index contributed by atoms with van der Waals surface area (Å²) in [5, 5.41) is 22.7. The zero-order valence-corrected chi connectivity index (χ0v) is 21.4. The highest BCUT2D eigenvalue weighted by Gasteiger charge is 2.70. The third-order valence-electron chi connectivity index (χ3n) is 6.87. The van der Waals surface area contributed by atoms with Crippen LogP contribution in [0, 0.1) is 16.0 Å². The van der Waals surface area contributed by atoms with Gasteiger partial charge in [-0.15, -0.1) is 0 Å². The molecule has 0 aromatic heterocycles. The van der Waals surface area contributed by atoms with Gasteiger partial charge in [-0.25, -0.2) is 0 Å². The number of nitrogens with zero attached hydrogens (tertiary/aromatic N) is 1. The lowest BCUT2D eigenvalue weighted by molar-refractivity contribution is -0.557. The van der Waals surface area contributed by atoms with Crippen molar-refractivity contribution in [2.24, 2.45) is 5.92 Å². The molecule has 37 heavy (non-hydrogen) atoms. The van der Waals surface area contributed by atoms with Crippen LogP contribution in [0.1, 0.15) is 25.0 Å². The first kappa shape index (κ1) is 27.6. The molecule has 0 unspecified atom stereocenters. The van der Waals surface area contributed by atoms with E-state index < -0.39 is 53.2 Å². The average molecular weight is 518 g/mol.